The molecule has 0 saturated heterocycles. The molecule has 1 N–H and O–H groups in total. The Morgan fingerprint density at radius 2 is 1.77 bits per heavy atom. The maximum atomic E-state index is 14.1. The van der Waals surface area contributed by atoms with E-state index in [0.29, 0.717) is 6.08 Å². The Labute approximate surface area is 160 Å². The van der Waals surface area contributed by atoms with Gasteiger partial charge in [0.25, 0.3) is 0 Å². The van der Waals surface area contributed by atoms with Crippen LogP contribution >= 0.6 is 34.8 Å². The summed E-state index contributed by atoms with van der Waals surface area (Å²) in [4.78, 5) is 11.2. The molecular weight excluding hydrogens is 419 g/mol. The van der Waals surface area contributed by atoms with Crippen LogP contribution in [0.2, 0.25) is 15.1 Å². The number of halogens is 7. The van der Waals surface area contributed by atoms with Gasteiger partial charge in [0.15, 0.2) is 0 Å². The normalized spacial score (nSPS) is 13.2. The number of allylic oxidation sites excluding steroid dienone is 1. The number of carboxylic acid groups (broad SMARTS) is 1. The summed E-state index contributed by atoms with van der Waals surface area (Å²) in [6.45, 7) is 0. The number of alkyl halides is 3. The zero-order chi connectivity index (χ0) is 19.6. The molecule has 0 radical (unpaired) electrons. The summed E-state index contributed by atoms with van der Waals surface area (Å²) in [7, 11) is 0. The first-order valence-electron chi connectivity index (χ1n) is 6.93. The van der Waals surface area contributed by atoms with E-state index in [4.69, 9.17) is 39.9 Å². The van der Waals surface area contributed by atoms with Crippen LogP contribution in [0.5, 0.6) is 0 Å². The lowest BCUT2D eigenvalue weighted by Crippen LogP contribution is -2.20. The van der Waals surface area contributed by atoms with Gasteiger partial charge < -0.3 is 5.11 Å². The van der Waals surface area contributed by atoms with Crippen LogP contribution in [0.3, 0.4) is 0 Å². The first-order valence-corrected chi connectivity index (χ1v) is 8.07. The van der Waals surface area contributed by atoms with Crippen molar-refractivity contribution in [2.24, 2.45) is 0 Å². The average Bonchev–Trinajstić information content (AvgIpc) is 2.51. The molecule has 0 spiro atoms. The molecule has 2 rings (SSSR count). The van der Waals surface area contributed by atoms with E-state index >= 15 is 0 Å². The monoisotopic (exact) mass is 426 g/mol. The van der Waals surface area contributed by atoms with Gasteiger partial charge in [0.05, 0.1) is 10.6 Å². The third kappa shape index (κ3) is 4.50. The van der Waals surface area contributed by atoms with Gasteiger partial charge in [-0.15, -0.1) is 0 Å². The van der Waals surface area contributed by atoms with Gasteiger partial charge in [-0.1, -0.05) is 53.0 Å². The summed E-state index contributed by atoms with van der Waals surface area (Å²) in [5.41, 5.74) is -1.21. The average molecular weight is 428 g/mol. The molecule has 0 amide bonds. The molecule has 0 saturated carbocycles. The molecule has 1 atom stereocenters. The summed E-state index contributed by atoms with van der Waals surface area (Å²) >= 11 is 17.1. The summed E-state index contributed by atoms with van der Waals surface area (Å²) < 4.78 is 54.5. The summed E-state index contributed by atoms with van der Waals surface area (Å²) in [6.07, 6.45) is -3.38. The molecule has 0 bridgehead atoms. The van der Waals surface area contributed by atoms with Crippen molar-refractivity contribution >= 4 is 46.8 Å². The molecule has 138 valence electrons. The largest absolute Gasteiger partial charge is 0.478 e. The summed E-state index contributed by atoms with van der Waals surface area (Å²) in [5.74, 6) is -5.04. The minimum atomic E-state index is -4.88. The van der Waals surface area contributed by atoms with Gasteiger partial charge in [-0.2, -0.15) is 13.2 Å². The van der Waals surface area contributed by atoms with Gasteiger partial charge in [-0.05, 0) is 24.3 Å². The van der Waals surface area contributed by atoms with Crippen LogP contribution in [-0.4, -0.2) is 17.3 Å². The van der Waals surface area contributed by atoms with Crippen LogP contribution in [0, 0.1) is 5.82 Å². The van der Waals surface area contributed by atoms with Crippen LogP contribution in [-0.2, 0) is 0 Å². The highest BCUT2D eigenvalue weighted by atomic mass is 35.5. The fraction of sp³-hybridized carbons (Fsp3) is 0.118. The summed E-state index contributed by atoms with van der Waals surface area (Å²) in [5, 5.41) is 8.35. The Morgan fingerprint density at radius 1 is 1.12 bits per heavy atom. The molecule has 0 aliphatic heterocycles. The van der Waals surface area contributed by atoms with Crippen molar-refractivity contribution in [3.8, 4) is 0 Å². The Bertz CT molecular complexity index is 879. The lowest BCUT2D eigenvalue weighted by atomic mass is 9.95. The van der Waals surface area contributed by atoms with Crippen molar-refractivity contribution in [3.63, 3.8) is 0 Å². The standard InChI is InChI=1S/C17H9Cl3F4O2/c18-8-6-11(15(21)14(20)7-8)12(17(22,23)24)5-4-9-10(16(25)26)2-1-3-13(9)19/h1-7,12H,(H,25,26)/b5-4+. The zero-order valence-electron chi connectivity index (χ0n) is 12.6. The second kappa shape index (κ2) is 7.86. The predicted octanol–water partition coefficient (Wildman–Crippen LogP) is 6.84. The number of rotatable bonds is 4. The molecule has 2 nitrogen and oxygen atoms in total. The van der Waals surface area contributed by atoms with Gasteiger partial charge in [0.1, 0.15) is 11.7 Å². The van der Waals surface area contributed by atoms with Crippen molar-refractivity contribution in [3.05, 3.63) is 74.0 Å². The molecule has 2 aromatic rings. The topological polar surface area (TPSA) is 37.3 Å². The van der Waals surface area contributed by atoms with Gasteiger partial charge in [0.2, 0.25) is 0 Å². The van der Waals surface area contributed by atoms with Crippen molar-refractivity contribution in [1.82, 2.24) is 0 Å². The molecule has 2 aromatic carbocycles. The highest BCUT2D eigenvalue weighted by Gasteiger charge is 2.41. The molecule has 0 fully saturated rings. The molecule has 1 unspecified atom stereocenters. The Balaban J connectivity index is 2.60. The van der Waals surface area contributed by atoms with Crippen molar-refractivity contribution < 1.29 is 27.5 Å². The molecule has 0 heterocycles. The van der Waals surface area contributed by atoms with E-state index in [2.05, 4.69) is 0 Å². The molecule has 0 aromatic heterocycles. The number of carbonyl (C=O) groups is 1. The van der Waals surface area contributed by atoms with Gasteiger partial charge in [-0.25, -0.2) is 9.18 Å². The Morgan fingerprint density at radius 3 is 2.35 bits per heavy atom. The molecule has 0 aliphatic carbocycles. The van der Waals surface area contributed by atoms with E-state index in [0.717, 1.165) is 18.2 Å². The van der Waals surface area contributed by atoms with E-state index in [9.17, 15) is 22.4 Å². The van der Waals surface area contributed by atoms with Crippen LogP contribution in [0.25, 0.3) is 6.08 Å². The molecular formula is C17H9Cl3F4O2. The third-order valence-electron chi connectivity index (χ3n) is 3.45. The lowest BCUT2D eigenvalue weighted by Gasteiger charge is -2.19. The van der Waals surface area contributed by atoms with E-state index in [-0.39, 0.29) is 21.2 Å². The Hall–Kier alpha value is -1.76. The maximum absolute atomic E-state index is 14.1. The number of carboxylic acids is 1. The van der Waals surface area contributed by atoms with Crippen molar-refractivity contribution in [2.45, 2.75) is 12.1 Å². The zero-order valence-corrected chi connectivity index (χ0v) is 14.9. The lowest BCUT2D eigenvalue weighted by molar-refractivity contribution is -0.139. The first-order chi connectivity index (χ1) is 12.0. The molecule has 26 heavy (non-hydrogen) atoms. The highest BCUT2D eigenvalue weighted by Crippen LogP contribution is 2.40. The second-order valence-corrected chi connectivity index (χ2v) is 6.43. The second-order valence-electron chi connectivity index (χ2n) is 5.18. The van der Waals surface area contributed by atoms with Crippen LogP contribution in [0.4, 0.5) is 17.6 Å². The fourth-order valence-corrected chi connectivity index (χ4v) is 3.02. The van der Waals surface area contributed by atoms with Crippen LogP contribution in [0.1, 0.15) is 27.4 Å². The first kappa shape index (κ1) is 20.6. The highest BCUT2D eigenvalue weighted by molar-refractivity contribution is 6.34. The third-order valence-corrected chi connectivity index (χ3v) is 4.27. The predicted molar refractivity (Wildman–Crippen MR) is 92.7 cm³/mol. The molecule has 9 heteroatoms. The Kier molecular flexibility index (Phi) is 6.21. The van der Waals surface area contributed by atoms with Crippen LogP contribution < -0.4 is 0 Å². The van der Waals surface area contributed by atoms with E-state index in [1.54, 1.807) is 0 Å². The molecule has 0 aliphatic rings. The van der Waals surface area contributed by atoms with Crippen molar-refractivity contribution in [1.29, 1.82) is 0 Å². The summed E-state index contributed by atoms with van der Waals surface area (Å²) in [6, 6.07) is 5.66. The quantitative estimate of drug-likeness (QED) is 0.428. The fourth-order valence-electron chi connectivity index (χ4n) is 2.28. The van der Waals surface area contributed by atoms with Crippen LogP contribution in [0.15, 0.2) is 36.4 Å². The number of hydrogen-bond acceptors (Lipinski definition) is 1. The number of benzene rings is 2. The smallest absolute Gasteiger partial charge is 0.399 e. The number of aromatic carboxylic acids is 1. The van der Waals surface area contributed by atoms with Gasteiger partial charge in [0, 0.05) is 21.2 Å². The minimum Gasteiger partial charge on any atom is -0.478 e. The number of hydrogen-bond donors (Lipinski definition) is 1. The van der Waals surface area contributed by atoms with Gasteiger partial charge >= 0.3 is 12.1 Å². The van der Waals surface area contributed by atoms with Crippen molar-refractivity contribution in [2.75, 3.05) is 0 Å². The maximum Gasteiger partial charge on any atom is 0.399 e. The van der Waals surface area contributed by atoms with E-state index in [1.807, 2.05) is 0 Å². The minimum absolute atomic E-state index is 0.0633. The van der Waals surface area contributed by atoms with E-state index < -0.39 is 34.5 Å². The van der Waals surface area contributed by atoms with Gasteiger partial charge in [-0.3, -0.25) is 0 Å². The SMILES string of the molecule is O=C(O)c1cccc(Cl)c1/C=C/C(c1cc(Cl)cc(Cl)c1F)C(F)(F)F. The van der Waals surface area contributed by atoms with E-state index in [1.165, 1.54) is 18.2 Å².